The van der Waals surface area contributed by atoms with E-state index in [4.69, 9.17) is 9.51 Å². The number of aryl methyl sites for hydroxylation is 1. The van der Waals surface area contributed by atoms with Gasteiger partial charge in [-0.3, -0.25) is 9.59 Å². The number of nitrogens with zero attached hydrogens (tertiary/aromatic N) is 5. The molecule has 1 saturated heterocycles. The van der Waals surface area contributed by atoms with Crippen molar-refractivity contribution in [2.75, 3.05) is 13.1 Å². The van der Waals surface area contributed by atoms with E-state index < -0.39 is 0 Å². The Kier molecular flexibility index (Phi) is 5.60. The smallest absolute Gasteiger partial charge is 0.276 e. The first kappa shape index (κ1) is 19.5. The Labute approximate surface area is 170 Å². The quantitative estimate of drug-likeness (QED) is 0.788. The van der Waals surface area contributed by atoms with Crippen LogP contribution in [0.4, 0.5) is 0 Å². The van der Waals surface area contributed by atoms with Gasteiger partial charge < -0.3 is 14.3 Å². The summed E-state index contributed by atoms with van der Waals surface area (Å²) in [7, 11) is 0. The molecule has 4 heterocycles. The van der Waals surface area contributed by atoms with Gasteiger partial charge in [0.15, 0.2) is 11.5 Å². The number of hydrogen-bond donors (Lipinski definition) is 0. The number of carbonyl (C=O) groups excluding carboxylic acids is 2. The van der Waals surface area contributed by atoms with E-state index in [2.05, 4.69) is 17.1 Å². The summed E-state index contributed by atoms with van der Waals surface area (Å²) in [5.74, 6) is 1.41. The highest BCUT2D eigenvalue weighted by Crippen LogP contribution is 2.30. The fourth-order valence-electron chi connectivity index (χ4n) is 4.18. The summed E-state index contributed by atoms with van der Waals surface area (Å²) in [4.78, 5) is 37.8. The van der Waals surface area contributed by atoms with Gasteiger partial charge in [0.25, 0.3) is 5.91 Å². The second-order valence-corrected chi connectivity index (χ2v) is 7.83. The van der Waals surface area contributed by atoms with Crippen molar-refractivity contribution in [1.29, 1.82) is 0 Å². The molecule has 0 radical (unpaired) electrons. The molecule has 1 fully saturated rings. The first-order chi connectivity index (χ1) is 14.1. The standard InChI is InChI=1S/C21H27N5O3/c1-3-6-16-11-18(24-29-16)21(28)25-10-8-17-15(13-25)12-22-20(23-17)19-7-4-5-9-26(19)14(2)27/h11-12,19H,3-10,13H2,1-2H3/t19-/m1/s1. The van der Waals surface area contributed by atoms with Gasteiger partial charge in [-0.05, 0) is 25.7 Å². The minimum atomic E-state index is -0.124. The summed E-state index contributed by atoms with van der Waals surface area (Å²) in [6.45, 7) is 5.48. The molecule has 0 saturated carbocycles. The summed E-state index contributed by atoms with van der Waals surface area (Å²) < 4.78 is 5.24. The van der Waals surface area contributed by atoms with Crippen LogP contribution in [0.3, 0.4) is 0 Å². The van der Waals surface area contributed by atoms with Gasteiger partial charge in [0.2, 0.25) is 5.91 Å². The lowest BCUT2D eigenvalue weighted by atomic mass is 10.0. The van der Waals surface area contributed by atoms with E-state index in [1.54, 1.807) is 17.9 Å². The van der Waals surface area contributed by atoms with Gasteiger partial charge in [0.05, 0.1) is 11.7 Å². The van der Waals surface area contributed by atoms with Crippen LogP contribution in [0.15, 0.2) is 16.8 Å². The fraction of sp³-hybridized carbons (Fsp3) is 0.571. The Hall–Kier alpha value is -2.77. The third-order valence-electron chi connectivity index (χ3n) is 5.72. The number of fused-ring (bicyclic) bond motifs is 1. The van der Waals surface area contributed by atoms with Crippen molar-refractivity contribution in [3.8, 4) is 0 Å². The van der Waals surface area contributed by atoms with Crippen molar-refractivity contribution < 1.29 is 14.1 Å². The molecular weight excluding hydrogens is 370 g/mol. The van der Waals surface area contributed by atoms with E-state index in [1.807, 2.05) is 11.1 Å². The lowest BCUT2D eigenvalue weighted by Gasteiger charge is -2.34. The van der Waals surface area contributed by atoms with Crippen molar-refractivity contribution in [1.82, 2.24) is 24.9 Å². The summed E-state index contributed by atoms with van der Waals surface area (Å²) in [5.41, 5.74) is 2.28. The zero-order valence-corrected chi connectivity index (χ0v) is 17.1. The molecule has 29 heavy (non-hydrogen) atoms. The van der Waals surface area contributed by atoms with Gasteiger partial charge in [0, 0.05) is 57.2 Å². The highest BCUT2D eigenvalue weighted by molar-refractivity contribution is 5.92. The summed E-state index contributed by atoms with van der Waals surface area (Å²) in [5, 5.41) is 3.93. The Morgan fingerprint density at radius 3 is 2.93 bits per heavy atom. The Morgan fingerprint density at radius 1 is 1.28 bits per heavy atom. The van der Waals surface area contributed by atoms with Gasteiger partial charge in [-0.1, -0.05) is 12.1 Å². The van der Waals surface area contributed by atoms with Gasteiger partial charge in [-0.15, -0.1) is 0 Å². The van der Waals surface area contributed by atoms with Crippen LogP contribution in [0.2, 0.25) is 0 Å². The van der Waals surface area contributed by atoms with Crippen molar-refractivity contribution in [2.24, 2.45) is 0 Å². The van der Waals surface area contributed by atoms with Crippen molar-refractivity contribution in [2.45, 2.75) is 65.0 Å². The monoisotopic (exact) mass is 397 g/mol. The third-order valence-corrected chi connectivity index (χ3v) is 5.72. The predicted molar refractivity (Wildman–Crippen MR) is 105 cm³/mol. The van der Waals surface area contributed by atoms with Crippen LogP contribution in [0.5, 0.6) is 0 Å². The molecule has 8 heteroatoms. The third kappa shape index (κ3) is 4.02. The molecule has 2 aromatic heterocycles. The van der Waals surface area contributed by atoms with E-state index in [0.717, 1.165) is 61.5 Å². The maximum absolute atomic E-state index is 12.8. The zero-order chi connectivity index (χ0) is 20.4. The average molecular weight is 397 g/mol. The van der Waals surface area contributed by atoms with Crippen LogP contribution >= 0.6 is 0 Å². The van der Waals surface area contributed by atoms with E-state index in [-0.39, 0.29) is 17.9 Å². The number of hydrogen-bond acceptors (Lipinski definition) is 6. The van der Waals surface area contributed by atoms with Crippen molar-refractivity contribution >= 4 is 11.8 Å². The van der Waals surface area contributed by atoms with Crippen LogP contribution in [0.25, 0.3) is 0 Å². The number of carbonyl (C=O) groups is 2. The van der Waals surface area contributed by atoms with Crippen LogP contribution in [0, 0.1) is 0 Å². The molecule has 8 nitrogen and oxygen atoms in total. The average Bonchev–Trinajstić information content (AvgIpc) is 3.21. The molecule has 0 N–H and O–H groups in total. The Morgan fingerprint density at radius 2 is 2.14 bits per heavy atom. The fourth-order valence-corrected chi connectivity index (χ4v) is 4.18. The molecule has 2 amide bonds. The van der Waals surface area contributed by atoms with Crippen LogP contribution in [0.1, 0.15) is 78.9 Å². The SMILES string of the molecule is CCCc1cc(C(=O)N2CCc3nc([C@H]4CCCCN4C(C)=O)ncc3C2)no1. The summed E-state index contributed by atoms with van der Waals surface area (Å²) in [6, 6.07) is 1.69. The number of piperidine rings is 1. The van der Waals surface area contributed by atoms with Crippen LogP contribution < -0.4 is 0 Å². The van der Waals surface area contributed by atoms with Gasteiger partial charge >= 0.3 is 0 Å². The molecule has 4 rings (SSSR count). The summed E-state index contributed by atoms with van der Waals surface area (Å²) in [6.07, 6.45) is 7.21. The second-order valence-electron chi connectivity index (χ2n) is 7.83. The molecule has 2 aliphatic rings. The topological polar surface area (TPSA) is 92.4 Å². The van der Waals surface area contributed by atoms with E-state index in [0.29, 0.717) is 25.2 Å². The lowest BCUT2D eigenvalue weighted by Crippen LogP contribution is -2.39. The number of aromatic nitrogens is 3. The molecule has 0 bridgehead atoms. The minimum absolute atomic E-state index is 0.0432. The van der Waals surface area contributed by atoms with E-state index in [9.17, 15) is 9.59 Å². The van der Waals surface area contributed by atoms with Crippen LogP contribution in [-0.2, 0) is 24.2 Å². The minimum Gasteiger partial charge on any atom is -0.361 e. The zero-order valence-electron chi connectivity index (χ0n) is 17.1. The van der Waals surface area contributed by atoms with Gasteiger partial charge in [-0.25, -0.2) is 9.97 Å². The van der Waals surface area contributed by atoms with E-state index >= 15 is 0 Å². The van der Waals surface area contributed by atoms with Gasteiger partial charge in [0.1, 0.15) is 5.76 Å². The normalized spacial score (nSPS) is 19.2. The number of likely N-dealkylation sites (tertiary alicyclic amines) is 1. The molecule has 0 aliphatic carbocycles. The van der Waals surface area contributed by atoms with Gasteiger partial charge in [-0.2, -0.15) is 0 Å². The molecule has 0 aromatic carbocycles. The summed E-state index contributed by atoms with van der Waals surface area (Å²) >= 11 is 0. The highest BCUT2D eigenvalue weighted by atomic mass is 16.5. The lowest BCUT2D eigenvalue weighted by molar-refractivity contribution is -0.132. The molecule has 0 unspecified atom stereocenters. The molecule has 2 aliphatic heterocycles. The van der Waals surface area contributed by atoms with E-state index in [1.165, 1.54) is 0 Å². The molecule has 1 atom stereocenters. The maximum Gasteiger partial charge on any atom is 0.276 e. The van der Waals surface area contributed by atoms with Crippen LogP contribution in [-0.4, -0.2) is 49.8 Å². The van der Waals surface area contributed by atoms with Crippen molar-refractivity contribution in [3.63, 3.8) is 0 Å². The number of rotatable bonds is 4. The second kappa shape index (κ2) is 8.31. The van der Waals surface area contributed by atoms with Crippen molar-refractivity contribution in [3.05, 3.63) is 40.8 Å². The highest BCUT2D eigenvalue weighted by Gasteiger charge is 2.30. The molecular formula is C21H27N5O3. The molecule has 154 valence electrons. The Balaban J connectivity index is 1.49. The molecule has 2 aromatic rings. The Bertz CT molecular complexity index is 909. The largest absolute Gasteiger partial charge is 0.361 e. The molecule has 0 spiro atoms. The predicted octanol–water partition coefficient (Wildman–Crippen LogP) is 2.69. The maximum atomic E-state index is 12.8. The first-order valence-corrected chi connectivity index (χ1v) is 10.4. The first-order valence-electron chi connectivity index (χ1n) is 10.4. The number of amides is 2.